The Bertz CT molecular complexity index is 1500. The second-order valence-electron chi connectivity index (χ2n) is 10.1. The number of hydrogen-bond donors (Lipinski definition) is 4. The average molecular weight is 571 g/mol. The molecule has 4 N–H and O–H groups in total. The minimum atomic E-state index is -0.107. The zero-order valence-corrected chi connectivity index (χ0v) is 23.8. The number of carbonyl (C=O) groups excluding carboxylic acids is 2. The number of nitrogens with zero attached hydrogens (tertiary/aromatic N) is 3. The van der Waals surface area contributed by atoms with E-state index in [0.717, 1.165) is 42.1 Å². The van der Waals surface area contributed by atoms with Crippen LogP contribution in [-0.4, -0.2) is 64.5 Å². The molecule has 0 saturated carbocycles. The summed E-state index contributed by atoms with van der Waals surface area (Å²) < 4.78 is 0. The van der Waals surface area contributed by atoms with E-state index in [1.807, 2.05) is 36.4 Å². The van der Waals surface area contributed by atoms with Gasteiger partial charge in [0.05, 0.1) is 6.54 Å². The van der Waals surface area contributed by atoms with Gasteiger partial charge >= 0.3 is 0 Å². The van der Waals surface area contributed by atoms with Gasteiger partial charge in [-0.05, 0) is 67.2 Å². The molecule has 0 bridgehead atoms. The molecule has 41 heavy (non-hydrogen) atoms. The highest BCUT2D eigenvalue weighted by Crippen LogP contribution is 2.38. The highest BCUT2D eigenvalue weighted by molar-refractivity contribution is 7.13. The first-order chi connectivity index (χ1) is 20.0. The number of benzene rings is 2. The van der Waals surface area contributed by atoms with Crippen LogP contribution in [0.4, 0.5) is 11.5 Å². The van der Waals surface area contributed by atoms with Crippen molar-refractivity contribution in [2.75, 3.05) is 43.4 Å². The number of nitrogens with one attached hydrogen (secondary N) is 3. The molecular formula is C31H34N6O3S. The lowest BCUT2D eigenvalue weighted by atomic mass is 9.86. The predicted octanol–water partition coefficient (Wildman–Crippen LogP) is 4.94. The average Bonchev–Trinajstić information content (AvgIpc) is 3.42. The summed E-state index contributed by atoms with van der Waals surface area (Å²) in [5, 5.41) is 20.6. The fourth-order valence-electron chi connectivity index (χ4n) is 5.16. The van der Waals surface area contributed by atoms with E-state index in [0.29, 0.717) is 42.9 Å². The van der Waals surface area contributed by atoms with Crippen LogP contribution in [0.5, 0.6) is 5.75 Å². The predicted molar refractivity (Wildman–Crippen MR) is 163 cm³/mol. The highest BCUT2D eigenvalue weighted by Gasteiger charge is 2.24. The first-order valence-electron chi connectivity index (χ1n) is 13.8. The largest absolute Gasteiger partial charge is 0.507 e. The van der Waals surface area contributed by atoms with Crippen molar-refractivity contribution in [2.45, 2.75) is 25.7 Å². The van der Waals surface area contributed by atoms with Crippen molar-refractivity contribution in [3.8, 4) is 27.6 Å². The third-order valence-electron chi connectivity index (χ3n) is 7.11. The summed E-state index contributed by atoms with van der Waals surface area (Å²) in [6.07, 6.45) is 3.57. The van der Waals surface area contributed by atoms with Crippen LogP contribution in [0.2, 0.25) is 0 Å². The van der Waals surface area contributed by atoms with Gasteiger partial charge in [-0.2, -0.15) is 0 Å². The van der Waals surface area contributed by atoms with E-state index < -0.39 is 0 Å². The van der Waals surface area contributed by atoms with Gasteiger partial charge in [-0.3, -0.25) is 14.5 Å². The van der Waals surface area contributed by atoms with Crippen molar-refractivity contribution < 1.29 is 14.7 Å². The quantitative estimate of drug-likeness (QED) is 0.199. The molecule has 1 aliphatic rings. The molecule has 2 aromatic heterocycles. The first-order valence-corrected chi connectivity index (χ1v) is 14.6. The number of anilines is 2. The summed E-state index contributed by atoms with van der Waals surface area (Å²) in [4.78, 5) is 36.3. The lowest BCUT2D eigenvalue weighted by Gasteiger charge is -2.32. The summed E-state index contributed by atoms with van der Waals surface area (Å²) in [5.41, 5.74) is 4.14. The first kappa shape index (κ1) is 28.3. The SMILES string of the molecule is CC(=O)NCCNc1ccccc1-c1nccc(NC(=O)CN2CCC(c3ccccc3-c3cc(O)cs3)CC2)n1. The number of thiophene rings is 1. The zero-order valence-electron chi connectivity index (χ0n) is 23.0. The Morgan fingerprint density at radius 3 is 2.54 bits per heavy atom. The smallest absolute Gasteiger partial charge is 0.239 e. The number of para-hydroxylation sites is 1. The molecule has 3 heterocycles. The number of piperidine rings is 1. The van der Waals surface area contributed by atoms with E-state index in [9.17, 15) is 14.7 Å². The molecule has 0 radical (unpaired) electrons. The molecular weight excluding hydrogens is 536 g/mol. The fourth-order valence-corrected chi connectivity index (χ4v) is 5.98. The molecule has 1 aliphatic heterocycles. The van der Waals surface area contributed by atoms with E-state index in [1.165, 1.54) is 18.1 Å². The maximum Gasteiger partial charge on any atom is 0.239 e. The molecule has 0 unspecified atom stereocenters. The van der Waals surface area contributed by atoms with Crippen LogP contribution in [0.25, 0.3) is 21.8 Å². The van der Waals surface area contributed by atoms with Crippen molar-refractivity contribution in [1.82, 2.24) is 20.2 Å². The number of likely N-dealkylation sites (tertiary alicyclic amines) is 1. The Kier molecular flexibility index (Phi) is 9.22. The van der Waals surface area contributed by atoms with Crippen LogP contribution in [0.3, 0.4) is 0 Å². The lowest BCUT2D eigenvalue weighted by molar-refractivity contribution is -0.119. The van der Waals surface area contributed by atoms with Crippen LogP contribution < -0.4 is 16.0 Å². The molecule has 0 atom stereocenters. The van der Waals surface area contributed by atoms with Gasteiger partial charge < -0.3 is 21.1 Å². The molecule has 0 aliphatic carbocycles. The van der Waals surface area contributed by atoms with Crippen molar-refractivity contribution in [1.29, 1.82) is 0 Å². The fraction of sp³-hybridized carbons (Fsp3) is 0.290. The van der Waals surface area contributed by atoms with Crippen LogP contribution in [-0.2, 0) is 9.59 Å². The third-order valence-corrected chi connectivity index (χ3v) is 8.06. The topological polar surface area (TPSA) is 119 Å². The van der Waals surface area contributed by atoms with Crippen molar-refractivity contribution in [3.05, 3.63) is 77.8 Å². The Hall–Kier alpha value is -4.28. The number of aromatic hydroxyl groups is 1. The third kappa shape index (κ3) is 7.47. The second kappa shape index (κ2) is 13.4. The number of amides is 2. The molecule has 1 saturated heterocycles. The standard InChI is InChI=1S/C31H34N6O3S/c1-21(38)32-14-15-33-27-9-5-4-8-26(27)31-34-13-10-29(36-31)35-30(40)19-37-16-11-22(12-17-37)24-6-2-3-7-25(24)28-18-23(39)20-41-28/h2-10,13,18,20,22,33,39H,11-12,14-17,19H2,1H3,(H,32,38)(H,34,35,36,40). The monoisotopic (exact) mass is 570 g/mol. The number of carbonyl (C=O) groups is 2. The summed E-state index contributed by atoms with van der Waals surface area (Å²) in [5.74, 6) is 1.49. The second-order valence-corrected chi connectivity index (χ2v) is 11.0. The minimum absolute atomic E-state index is 0.0717. The highest BCUT2D eigenvalue weighted by atomic mass is 32.1. The Morgan fingerprint density at radius 2 is 1.78 bits per heavy atom. The van der Waals surface area contributed by atoms with Gasteiger partial charge in [0.25, 0.3) is 0 Å². The summed E-state index contributed by atoms with van der Waals surface area (Å²) in [6.45, 7) is 4.51. The Morgan fingerprint density at radius 1 is 1.02 bits per heavy atom. The molecule has 5 rings (SSSR count). The maximum absolute atomic E-state index is 12.9. The summed E-state index contributed by atoms with van der Waals surface area (Å²) in [7, 11) is 0. The van der Waals surface area contributed by atoms with Crippen molar-refractivity contribution in [2.24, 2.45) is 0 Å². The van der Waals surface area contributed by atoms with Crippen LogP contribution in [0.1, 0.15) is 31.2 Å². The molecule has 212 valence electrons. The molecule has 2 aromatic carbocycles. The molecule has 2 amide bonds. The molecule has 1 fully saturated rings. The molecule has 9 nitrogen and oxygen atoms in total. The van der Waals surface area contributed by atoms with Gasteiger partial charge in [-0.15, -0.1) is 11.3 Å². The number of hydrogen-bond acceptors (Lipinski definition) is 8. The van der Waals surface area contributed by atoms with Crippen molar-refractivity contribution in [3.63, 3.8) is 0 Å². The van der Waals surface area contributed by atoms with E-state index in [-0.39, 0.29) is 11.8 Å². The van der Waals surface area contributed by atoms with Crippen LogP contribution in [0.15, 0.2) is 72.2 Å². The maximum atomic E-state index is 12.9. The molecule has 0 spiro atoms. The Labute approximate surface area is 243 Å². The van der Waals surface area contributed by atoms with Gasteiger partial charge in [0.1, 0.15) is 11.6 Å². The van der Waals surface area contributed by atoms with Gasteiger partial charge in [0.2, 0.25) is 11.8 Å². The van der Waals surface area contributed by atoms with Gasteiger partial charge in [-0.25, -0.2) is 9.97 Å². The van der Waals surface area contributed by atoms with E-state index in [4.69, 9.17) is 0 Å². The zero-order chi connectivity index (χ0) is 28.6. The van der Waals surface area contributed by atoms with Gasteiger partial charge in [-0.1, -0.05) is 36.4 Å². The molecule has 10 heteroatoms. The lowest BCUT2D eigenvalue weighted by Crippen LogP contribution is -2.38. The summed E-state index contributed by atoms with van der Waals surface area (Å²) in [6, 6.07) is 19.6. The minimum Gasteiger partial charge on any atom is -0.507 e. The van der Waals surface area contributed by atoms with Crippen LogP contribution >= 0.6 is 11.3 Å². The van der Waals surface area contributed by atoms with Crippen LogP contribution in [0, 0.1) is 0 Å². The summed E-state index contributed by atoms with van der Waals surface area (Å²) >= 11 is 1.56. The normalized spacial score (nSPS) is 14.0. The van der Waals surface area contributed by atoms with Gasteiger partial charge in [0.15, 0.2) is 5.82 Å². The number of rotatable bonds is 10. The van der Waals surface area contributed by atoms with E-state index >= 15 is 0 Å². The van der Waals surface area contributed by atoms with Crippen molar-refractivity contribution >= 4 is 34.7 Å². The Balaban J connectivity index is 1.16. The van der Waals surface area contributed by atoms with E-state index in [2.05, 4.69) is 49.0 Å². The van der Waals surface area contributed by atoms with Gasteiger partial charge in [0, 0.05) is 47.7 Å². The number of aromatic nitrogens is 2. The molecule has 4 aromatic rings. The van der Waals surface area contributed by atoms with E-state index in [1.54, 1.807) is 29.0 Å².